The number of ketones is 1. The monoisotopic (exact) mass is 506 g/mol. The third kappa shape index (κ3) is 7.23. The van der Waals surface area contributed by atoms with Crippen LogP contribution in [-0.4, -0.2) is 67.0 Å². The maximum atomic E-state index is 13.4. The molecular weight excluding hydrogens is 468 g/mol. The van der Waals surface area contributed by atoms with Crippen LogP contribution >= 0.6 is 0 Å². The summed E-state index contributed by atoms with van der Waals surface area (Å²) >= 11 is 0. The molecule has 2 aromatic carbocycles. The minimum Gasteiger partial charge on any atom is -0.503 e. The van der Waals surface area contributed by atoms with Gasteiger partial charge in [-0.2, -0.15) is 0 Å². The molecule has 7 nitrogen and oxygen atoms in total. The van der Waals surface area contributed by atoms with Crippen LogP contribution in [0, 0.1) is 5.92 Å². The van der Waals surface area contributed by atoms with Crippen molar-refractivity contribution in [3.63, 3.8) is 0 Å². The molecule has 0 radical (unpaired) electrons. The van der Waals surface area contributed by atoms with Crippen LogP contribution in [0.4, 0.5) is 0 Å². The van der Waals surface area contributed by atoms with Crippen molar-refractivity contribution in [2.75, 3.05) is 40.4 Å². The molecule has 0 bridgehead atoms. The van der Waals surface area contributed by atoms with Crippen molar-refractivity contribution in [3.8, 4) is 11.5 Å². The van der Waals surface area contributed by atoms with E-state index in [2.05, 4.69) is 13.8 Å². The third-order valence-electron chi connectivity index (χ3n) is 6.12. The second-order valence-corrected chi connectivity index (χ2v) is 9.75. The third-order valence-corrected chi connectivity index (χ3v) is 6.12. The number of hydrogen-bond acceptors (Lipinski definition) is 6. The number of ether oxygens (including phenoxy) is 2. The summed E-state index contributed by atoms with van der Waals surface area (Å²) in [5.41, 5.74) is 1.59. The van der Waals surface area contributed by atoms with Crippen molar-refractivity contribution in [2.45, 2.75) is 33.2 Å². The molecule has 3 rings (SSSR count). The van der Waals surface area contributed by atoms with E-state index in [4.69, 9.17) is 9.47 Å². The molecule has 1 unspecified atom stereocenters. The number of aliphatic hydroxyl groups excluding tert-OH is 1. The highest BCUT2D eigenvalue weighted by Gasteiger charge is 2.43. The molecule has 0 spiro atoms. The summed E-state index contributed by atoms with van der Waals surface area (Å²) in [5, 5.41) is 10.9. The number of amides is 1. The summed E-state index contributed by atoms with van der Waals surface area (Å²) in [5.74, 6) is 0.180. The Hall–Kier alpha value is -3.58. The van der Waals surface area contributed by atoms with Gasteiger partial charge < -0.3 is 24.4 Å². The molecule has 0 saturated heterocycles. The number of hydrogen-bond donors (Lipinski definition) is 1. The second kappa shape index (κ2) is 13.1. The Kier molecular flexibility index (Phi) is 9.92. The van der Waals surface area contributed by atoms with Crippen LogP contribution in [0.3, 0.4) is 0 Å². The zero-order chi connectivity index (χ0) is 26.9. The van der Waals surface area contributed by atoms with Gasteiger partial charge in [-0.15, -0.1) is 0 Å². The van der Waals surface area contributed by atoms with Crippen molar-refractivity contribution in [3.05, 3.63) is 77.1 Å². The normalized spacial score (nSPS) is 15.9. The molecule has 2 aromatic rings. The number of likely N-dealkylation sites (N-methyl/N-ethyl adjacent to an activating group) is 1. The zero-order valence-electron chi connectivity index (χ0n) is 22.4. The van der Waals surface area contributed by atoms with E-state index >= 15 is 0 Å². The van der Waals surface area contributed by atoms with Crippen molar-refractivity contribution in [1.82, 2.24) is 9.80 Å². The largest absolute Gasteiger partial charge is 0.503 e. The van der Waals surface area contributed by atoms with E-state index in [1.165, 1.54) is 6.08 Å². The summed E-state index contributed by atoms with van der Waals surface area (Å²) in [6.45, 7) is 8.08. The Bertz CT molecular complexity index is 1140. The highest BCUT2D eigenvalue weighted by Crippen LogP contribution is 2.41. The highest BCUT2D eigenvalue weighted by molar-refractivity contribution is 6.14. The Labute approximate surface area is 220 Å². The number of carbonyl (C=O) groups is 2. The molecule has 7 heteroatoms. The first-order valence-corrected chi connectivity index (χ1v) is 12.8. The molecule has 1 heterocycles. The maximum Gasteiger partial charge on any atom is 0.290 e. The maximum absolute atomic E-state index is 13.4. The predicted molar refractivity (Wildman–Crippen MR) is 146 cm³/mol. The van der Waals surface area contributed by atoms with Crippen LogP contribution in [0.5, 0.6) is 11.5 Å². The van der Waals surface area contributed by atoms with E-state index in [1.54, 1.807) is 11.0 Å². The summed E-state index contributed by atoms with van der Waals surface area (Å²) < 4.78 is 11.8. The summed E-state index contributed by atoms with van der Waals surface area (Å²) in [7, 11) is 3.82. The molecule has 1 aliphatic rings. The van der Waals surface area contributed by atoms with Gasteiger partial charge in [-0.1, -0.05) is 56.3 Å². The van der Waals surface area contributed by atoms with E-state index in [0.29, 0.717) is 49.3 Å². The molecule has 1 atom stereocenters. The van der Waals surface area contributed by atoms with E-state index < -0.39 is 23.5 Å². The molecule has 0 aromatic heterocycles. The van der Waals surface area contributed by atoms with Crippen LogP contribution in [-0.2, 0) is 9.59 Å². The lowest BCUT2D eigenvalue weighted by Gasteiger charge is -2.28. The molecule has 1 amide bonds. The molecule has 37 heavy (non-hydrogen) atoms. The number of rotatable bonds is 13. The van der Waals surface area contributed by atoms with Gasteiger partial charge in [0.25, 0.3) is 5.91 Å². The average molecular weight is 507 g/mol. The van der Waals surface area contributed by atoms with Gasteiger partial charge in [-0.3, -0.25) is 9.59 Å². The average Bonchev–Trinajstić information content (AvgIpc) is 3.12. The molecule has 1 aliphatic heterocycles. The summed E-state index contributed by atoms with van der Waals surface area (Å²) in [4.78, 5) is 30.0. The van der Waals surface area contributed by atoms with Crippen LogP contribution in [0.1, 0.15) is 44.4 Å². The van der Waals surface area contributed by atoms with Gasteiger partial charge in [0.2, 0.25) is 0 Å². The predicted octanol–water partition coefficient (Wildman–Crippen LogP) is 5.05. The Morgan fingerprint density at radius 2 is 1.84 bits per heavy atom. The second-order valence-electron chi connectivity index (χ2n) is 9.75. The van der Waals surface area contributed by atoms with Gasteiger partial charge in [0.15, 0.2) is 23.0 Å². The Morgan fingerprint density at radius 1 is 1.11 bits per heavy atom. The number of aliphatic hydroxyl groups is 1. The first-order chi connectivity index (χ1) is 17.7. The van der Waals surface area contributed by atoms with E-state index in [9.17, 15) is 14.7 Å². The Balaban J connectivity index is 1.99. The lowest BCUT2D eigenvalue weighted by atomic mass is 9.95. The smallest absolute Gasteiger partial charge is 0.290 e. The lowest BCUT2D eigenvalue weighted by molar-refractivity contribution is -0.129. The molecule has 0 saturated carbocycles. The molecular formula is C30H38N2O5. The lowest BCUT2D eigenvalue weighted by Crippen LogP contribution is -2.36. The first-order valence-electron chi connectivity index (χ1n) is 12.8. The van der Waals surface area contributed by atoms with Crippen LogP contribution in [0.2, 0.25) is 0 Å². The quantitative estimate of drug-likeness (QED) is 0.383. The van der Waals surface area contributed by atoms with E-state index in [1.807, 2.05) is 74.4 Å². The van der Waals surface area contributed by atoms with Crippen LogP contribution in [0.15, 0.2) is 65.9 Å². The van der Waals surface area contributed by atoms with Gasteiger partial charge in [0.05, 0.1) is 24.8 Å². The fourth-order valence-electron chi connectivity index (χ4n) is 4.10. The number of carbonyl (C=O) groups excluding carboxylic acids is 2. The van der Waals surface area contributed by atoms with Gasteiger partial charge in [0, 0.05) is 13.1 Å². The SMILES string of the molecule is CCOc1cc(C2C(C(=O)/C=C/c3ccccc3)=C(O)C(=O)N2CCN(C)C)ccc1OCCC(C)C. The summed E-state index contributed by atoms with van der Waals surface area (Å²) in [6.07, 6.45) is 4.00. The zero-order valence-corrected chi connectivity index (χ0v) is 22.4. The number of nitrogens with zero attached hydrogens (tertiary/aromatic N) is 2. The molecule has 198 valence electrons. The first kappa shape index (κ1) is 28.0. The van der Waals surface area contributed by atoms with Gasteiger partial charge in [-0.25, -0.2) is 0 Å². The Morgan fingerprint density at radius 3 is 2.49 bits per heavy atom. The van der Waals surface area contributed by atoms with Crippen molar-refractivity contribution in [2.24, 2.45) is 5.92 Å². The van der Waals surface area contributed by atoms with Gasteiger partial charge in [-0.05, 0) is 62.7 Å². The van der Waals surface area contributed by atoms with Gasteiger partial charge in [0.1, 0.15) is 0 Å². The minimum absolute atomic E-state index is 0.0619. The molecule has 1 N–H and O–H groups in total. The van der Waals surface area contributed by atoms with E-state index in [0.717, 1.165) is 12.0 Å². The van der Waals surface area contributed by atoms with Crippen LogP contribution in [0.25, 0.3) is 6.08 Å². The molecule has 0 aliphatic carbocycles. The topological polar surface area (TPSA) is 79.3 Å². The highest BCUT2D eigenvalue weighted by atomic mass is 16.5. The van der Waals surface area contributed by atoms with Crippen LogP contribution < -0.4 is 9.47 Å². The minimum atomic E-state index is -0.746. The standard InChI is InChI=1S/C30H38N2O5/c1-6-36-26-20-23(13-15-25(26)37-19-16-21(2)3)28-27(24(33)14-12-22-10-8-7-9-11-22)29(34)30(35)32(28)18-17-31(4)5/h7-15,20-21,28,34H,6,16-19H2,1-5H3/b14-12+. The van der Waals surface area contributed by atoms with Crippen molar-refractivity contribution < 1.29 is 24.2 Å². The fraction of sp³-hybridized carbons (Fsp3) is 0.400. The summed E-state index contributed by atoms with van der Waals surface area (Å²) in [6, 6.07) is 14.1. The van der Waals surface area contributed by atoms with E-state index in [-0.39, 0.29) is 5.57 Å². The van der Waals surface area contributed by atoms with Crippen molar-refractivity contribution in [1.29, 1.82) is 0 Å². The fourth-order valence-corrected chi connectivity index (χ4v) is 4.10. The molecule has 0 fully saturated rings. The van der Waals surface area contributed by atoms with Gasteiger partial charge >= 0.3 is 0 Å². The van der Waals surface area contributed by atoms with Crippen molar-refractivity contribution >= 4 is 17.8 Å². The number of benzene rings is 2. The number of allylic oxidation sites excluding steroid dienone is 1.